The van der Waals surface area contributed by atoms with Gasteiger partial charge < -0.3 is 15.3 Å². The van der Waals surface area contributed by atoms with Crippen molar-refractivity contribution in [2.24, 2.45) is 11.8 Å². The second kappa shape index (κ2) is 8.11. The van der Waals surface area contributed by atoms with Crippen LogP contribution in [0.1, 0.15) is 35.7 Å². The summed E-state index contributed by atoms with van der Waals surface area (Å²) in [7, 11) is 0. The number of carbonyl (C=O) groups is 2. The third-order valence-corrected chi connectivity index (χ3v) is 4.31. The largest absolute Gasteiger partial charge is 0.396 e. The van der Waals surface area contributed by atoms with Gasteiger partial charge in [0.25, 0.3) is 5.91 Å². The Balaban J connectivity index is 1.93. The molecule has 1 aromatic carbocycles. The monoisotopic (exact) mass is 318 g/mol. The fraction of sp³-hybridized carbons (Fsp3) is 0.556. The van der Waals surface area contributed by atoms with E-state index < -0.39 is 0 Å². The average molecular weight is 318 g/mol. The van der Waals surface area contributed by atoms with E-state index in [1.807, 2.05) is 38.1 Å². The molecule has 1 heterocycles. The van der Waals surface area contributed by atoms with Crippen LogP contribution < -0.4 is 5.32 Å². The normalized spacial score (nSPS) is 19.3. The van der Waals surface area contributed by atoms with Gasteiger partial charge >= 0.3 is 0 Å². The van der Waals surface area contributed by atoms with Gasteiger partial charge in [-0.05, 0) is 37.8 Å². The number of piperidine rings is 1. The van der Waals surface area contributed by atoms with Crippen molar-refractivity contribution in [2.45, 2.75) is 26.7 Å². The molecule has 1 aromatic rings. The Hall–Kier alpha value is -1.88. The molecule has 5 nitrogen and oxygen atoms in total. The SMILES string of the molecule is Cc1ccc(C(=O)N2CCCC(C(=O)NCC(C)CO)C2)cc1. The third kappa shape index (κ3) is 4.79. The van der Waals surface area contributed by atoms with Crippen molar-refractivity contribution in [3.63, 3.8) is 0 Å². The Morgan fingerprint density at radius 2 is 2.04 bits per heavy atom. The minimum absolute atomic E-state index is 0.00812. The molecule has 1 fully saturated rings. The highest BCUT2D eigenvalue weighted by molar-refractivity contribution is 5.94. The van der Waals surface area contributed by atoms with E-state index in [-0.39, 0.29) is 30.3 Å². The summed E-state index contributed by atoms with van der Waals surface area (Å²) in [5.74, 6) is -0.144. The van der Waals surface area contributed by atoms with Gasteiger partial charge in [-0.1, -0.05) is 24.6 Å². The van der Waals surface area contributed by atoms with Gasteiger partial charge in [0.05, 0.1) is 5.92 Å². The smallest absolute Gasteiger partial charge is 0.253 e. The highest BCUT2D eigenvalue weighted by atomic mass is 16.3. The van der Waals surface area contributed by atoms with E-state index in [4.69, 9.17) is 5.11 Å². The van der Waals surface area contributed by atoms with Crippen LogP contribution in [0.2, 0.25) is 0 Å². The Kier molecular flexibility index (Phi) is 6.16. The molecule has 0 radical (unpaired) electrons. The number of nitrogens with one attached hydrogen (secondary N) is 1. The maximum absolute atomic E-state index is 12.6. The number of likely N-dealkylation sites (tertiary alicyclic amines) is 1. The molecule has 2 rings (SSSR count). The lowest BCUT2D eigenvalue weighted by Crippen LogP contribution is -2.46. The summed E-state index contributed by atoms with van der Waals surface area (Å²) in [4.78, 5) is 26.6. The zero-order valence-electron chi connectivity index (χ0n) is 13.9. The van der Waals surface area contributed by atoms with Crippen LogP contribution in [0.4, 0.5) is 0 Å². The summed E-state index contributed by atoms with van der Waals surface area (Å²) < 4.78 is 0. The molecule has 0 aliphatic carbocycles. The molecule has 126 valence electrons. The Labute approximate surface area is 137 Å². The van der Waals surface area contributed by atoms with Crippen molar-refractivity contribution in [1.29, 1.82) is 0 Å². The van der Waals surface area contributed by atoms with Crippen molar-refractivity contribution < 1.29 is 14.7 Å². The number of aliphatic hydroxyl groups excluding tert-OH is 1. The van der Waals surface area contributed by atoms with Gasteiger partial charge in [-0.25, -0.2) is 0 Å². The molecule has 1 saturated heterocycles. The number of aryl methyl sites for hydroxylation is 1. The number of carbonyl (C=O) groups excluding carboxylic acids is 2. The molecule has 2 atom stereocenters. The van der Waals surface area contributed by atoms with Crippen molar-refractivity contribution in [3.05, 3.63) is 35.4 Å². The van der Waals surface area contributed by atoms with Crippen LogP contribution in [0.5, 0.6) is 0 Å². The molecule has 1 aliphatic rings. The quantitative estimate of drug-likeness (QED) is 0.866. The predicted molar refractivity (Wildman–Crippen MR) is 89.1 cm³/mol. The lowest BCUT2D eigenvalue weighted by atomic mass is 9.96. The van der Waals surface area contributed by atoms with Crippen LogP contribution in [0.3, 0.4) is 0 Å². The lowest BCUT2D eigenvalue weighted by Gasteiger charge is -2.32. The van der Waals surface area contributed by atoms with Crippen LogP contribution in [-0.2, 0) is 4.79 Å². The molecule has 23 heavy (non-hydrogen) atoms. The fourth-order valence-electron chi connectivity index (χ4n) is 2.74. The lowest BCUT2D eigenvalue weighted by molar-refractivity contribution is -0.126. The fourth-order valence-corrected chi connectivity index (χ4v) is 2.74. The number of aliphatic hydroxyl groups is 1. The van der Waals surface area contributed by atoms with E-state index in [0.29, 0.717) is 25.2 Å². The van der Waals surface area contributed by atoms with Crippen molar-refractivity contribution in [2.75, 3.05) is 26.2 Å². The van der Waals surface area contributed by atoms with E-state index in [2.05, 4.69) is 5.32 Å². The van der Waals surface area contributed by atoms with E-state index in [0.717, 1.165) is 18.4 Å². The molecular weight excluding hydrogens is 292 g/mol. The topological polar surface area (TPSA) is 69.6 Å². The first kappa shape index (κ1) is 17.5. The van der Waals surface area contributed by atoms with E-state index >= 15 is 0 Å². The zero-order valence-corrected chi connectivity index (χ0v) is 13.9. The minimum Gasteiger partial charge on any atom is -0.396 e. The van der Waals surface area contributed by atoms with Crippen LogP contribution in [-0.4, -0.2) is 48.1 Å². The van der Waals surface area contributed by atoms with Gasteiger partial charge in [0.2, 0.25) is 5.91 Å². The highest BCUT2D eigenvalue weighted by Gasteiger charge is 2.28. The van der Waals surface area contributed by atoms with E-state index in [1.165, 1.54) is 0 Å². The summed E-state index contributed by atoms with van der Waals surface area (Å²) in [5.41, 5.74) is 1.79. The standard InChI is InChI=1S/C18H26N2O3/c1-13-5-7-15(8-6-13)18(23)20-9-3-4-16(11-20)17(22)19-10-14(2)12-21/h5-8,14,16,21H,3-4,9-12H2,1-2H3,(H,19,22). The zero-order chi connectivity index (χ0) is 16.8. The van der Waals surface area contributed by atoms with Gasteiger partial charge in [-0.3, -0.25) is 9.59 Å². The second-order valence-corrected chi connectivity index (χ2v) is 6.49. The molecule has 1 aliphatic heterocycles. The van der Waals surface area contributed by atoms with Crippen LogP contribution >= 0.6 is 0 Å². The first-order valence-corrected chi connectivity index (χ1v) is 8.25. The molecule has 0 aromatic heterocycles. The Bertz CT molecular complexity index is 542. The maximum Gasteiger partial charge on any atom is 0.253 e. The Morgan fingerprint density at radius 1 is 1.35 bits per heavy atom. The van der Waals surface area contributed by atoms with Gasteiger partial charge in [-0.15, -0.1) is 0 Å². The van der Waals surface area contributed by atoms with E-state index in [9.17, 15) is 9.59 Å². The van der Waals surface area contributed by atoms with Gasteiger partial charge in [-0.2, -0.15) is 0 Å². The minimum atomic E-state index is -0.163. The molecule has 2 N–H and O–H groups in total. The molecule has 5 heteroatoms. The van der Waals surface area contributed by atoms with Crippen molar-refractivity contribution in [1.82, 2.24) is 10.2 Å². The van der Waals surface area contributed by atoms with Gasteiger partial charge in [0.1, 0.15) is 0 Å². The van der Waals surface area contributed by atoms with Crippen LogP contribution in [0, 0.1) is 18.8 Å². The van der Waals surface area contributed by atoms with Crippen molar-refractivity contribution >= 4 is 11.8 Å². The molecule has 2 amide bonds. The average Bonchev–Trinajstić information content (AvgIpc) is 2.59. The summed E-state index contributed by atoms with van der Waals surface area (Å²) in [6, 6.07) is 7.53. The predicted octanol–water partition coefficient (Wildman–Crippen LogP) is 1.59. The van der Waals surface area contributed by atoms with Crippen LogP contribution in [0.15, 0.2) is 24.3 Å². The first-order chi connectivity index (χ1) is 11.0. The third-order valence-electron chi connectivity index (χ3n) is 4.31. The molecule has 0 spiro atoms. The van der Waals surface area contributed by atoms with E-state index in [1.54, 1.807) is 4.90 Å². The summed E-state index contributed by atoms with van der Waals surface area (Å²) >= 11 is 0. The van der Waals surface area contributed by atoms with Gasteiger partial charge in [0, 0.05) is 31.8 Å². The second-order valence-electron chi connectivity index (χ2n) is 6.49. The number of nitrogens with zero attached hydrogens (tertiary/aromatic N) is 1. The Morgan fingerprint density at radius 3 is 2.70 bits per heavy atom. The number of benzene rings is 1. The number of hydrogen-bond donors (Lipinski definition) is 2. The molecule has 0 bridgehead atoms. The van der Waals surface area contributed by atoms with Gasteiger partial charge in [0.15, 0.2) is 0 Å². The van der Waals surface area contributed by atoms with Crippen LogP contribution in [0.25, 0.3) is 0 Å². The molecular formula is C18H26N2O3. The first-order valence-electron chi connectivity index (χ1n) is 8.25. The number of amides is 2. The molecule has 2 unspecified atom stereocenters. The summed E-state index contributed by atoms with van der Waals surface area (Å²) in [6.45, 7) is 5.56. The molecule has 0 saturated carbocycles. The van der Waals surface area contributed by atoms with Crippen molar-refractivity contribution in [3.8, 4) is 0 Å². The maximum atomic E-state index is 12.6. The highest BCUT2D eigenvalue weighted by Crippen LogP contribution is 2.19. The number of hydrogen-bond acceptors (Lipinski definition) is 3. The summed E-state index contributed by atoms with van der Waals surface area (Å²) in [6.07, 6.45) is 1.64. The summed E-state index contributed by atoms with van der Waals surface area (Å²) in [5, 5.41) is 11.9. The number of rotatable bonds is 5.